The highest BCUT2D eigenvalue weighted by Crippen LogP contribution is 2.43. The minimum Gasteiger partial charge on any atom is -0.467 e. The van der Waals surface area contributed by atoms with Gasteiger partial charge in [0.1, 0.15) is 24.9 Å². The molecule has 8 nitrogen and oxygen atoms in total. The predicted molar refractivity (Wildman–Crippen MR) is 182 cm³/mol. The summed E-state index contributed by atoms with van der Waals surface area (Å²) < 4.78 is 36.9. The molecule has 0 saturated carbocycles. The summed E-state index contributed by atoms with van der Waals surface area (Å²) in [6, 6.07) is 19.4. The van der Waals surface area contributed by atoms with Crippen LogP contribution in [0.15, 0.2) is 72.3 Å². The Balaban J connectivity index is 1.88. The van der Waals surface area contributed by atoms with Crippen molar-refractivity contribution in [3.63, 3.8) is 0 Å². The van der Waals surface area contributed by atoms with Crippen LogP contribution >= 0.6 is 0 Å². The molecule has 0 saturated heterocycles. The van der Waals surface area contributed by atoms with Crippen molar-refractivity contribution in [1.29, 1.82) is 0 Å². The fourth-order valence-corrected chi connectivity index (χ4v) is 12.2. The second-order valence-corrected chi connectivity index (χ2v) is 18.5. The maximum absolute atomic E-state index is 13.2. The summed E-state index contributed by atoms with van der Waals surface area (Å²) in [5.74, 6) is -1.06. The van der Waals surface area contributed by atoms with Crippen molar-refractivity contribution in [2.24, 2.45) is 0 Å². The largest absolute Gasteiger partial charge is 0.467 e. The standard InChI is InChI=1S/C37H54O8Si/c1-24(2)46(25(3)4,26(5)6)42-22-33-32(44-34(38)23-41-28(8)30-17-13-11-14-18-30)21-27(7)35(45-33)36(37(39)40-10)43-29(9)31-19-15-12-16-20-31/h11-21,24-26,28-29,32-33,35-36H,22-23H2,1-10H3/t28-,29-,32-,33+,35+,36-/m0/s1. The highest BCUT2D eigenvalue weighted by Gasteiger charge is 2.47. The Labute approximate surface area is 276 Å². The number of hydrogen-bond acceptors (Lipinski definition) is 8. The van der Waals surface area contributed by atoms with E-state index in [9.17, 15) is 9.59 Å². The first-order valence-electron chi connectivity index (χ1n) is 16.4. The molecule has 9 heteroatoms. The molecule has 0 aromatic heterocycles. The number of esters is 2. The summed E-state index contributed by atoms with van der Waals surface area (Å²) in [5, 5.41) is 0. The molecule has 46 heavy (non-hydrogen) atoms. The van der Waals surface area contributed by atoms with Crippen LogP contribution in [0.25, 0.3) is 0 Å². The smallest absolute Gasteiger partial charge is 0.338 e. The van der Waals surface area contributed by atoms with E-state index in [2.05, 4.69) is 41.5 Å². The minimum absolute atomic E-state index is 0.197. The SMILES string of the molecule is COC(=O)[C@@H](O[C@@H](C)c1ccccc1)[C@@H]1O[C@H](CO[Si](C(C)C)(C(C)C)C(C)C)[C@@H](OC(=O)CO[C@@H](C)c2ccccc2)C=C1C. The third-order valence-corrected chi connectivity index (χ3v) is 15.2. The number of carbonyl (C=O) groups excluding carboxylic acids is 2. The van der Waals surface area contributed by atoms with Crippen molar-refractivity contribution >= 4 is 20.3 Å². The zero-order valence-corrected chi connectivity index (χ0v) is 30.2. The molecule has 6 atom stereocenters. The van der Waals surface area contributed by atoms with Gasteiger partial charge in [0.05, 0.1) is 25.9 Å². The number of methoxy groups -OCH3 is 1. The van der Waals surface area contributed by atoms with Crippen molar-refractivity contribution in [3.8, 4) is 0 Å². The van der Waals surface area contributed by atoms with Gasteiger partial charge >= 0.3 is 11.9 Å². The molecule has 0 unspecified atom stereocenters. The van der Waals surface area contributed by atoms with E-state index in [0.717, 1.165) is 11.1 Å². The number of rotatable bonds is 16. The van der Waals surface area contributed by atoms with Crippen LogP contribution in [-0.4, -0.2) is 65.0 Å². The average Bonchev–Trinajstić information content (AvgIpc) is 3.03. The van der Waals surface area contributed by atoms with Crippen LogP contribution in [0, 0.1) is 0 Å². The summed E-state index contributed by atoms with van der Waals surface area (Å²) >= 11 is 0. The van der Waals surface area contributed by atoms with Crippen molar-refractivity contribution in [2.75, 3.05) is 20.3 Å². The molecular formula is C37H54O8Si. The van der Waals surface area contributed by atoms with E-state index in [1.807, 2.05) is 87.5 Å². The van der Waals surface area contributed by atoms with Crippen LogP contribution in [-0.2, 0) is 37.7 Å². The second-order valence-electron chi connectivity index (χ2n) is 13.1. The Bertz CT molecular complexity index is 1240. The molecule has 254 valence electrons. The summed E-state index contributed by atoms with van der Waals surface area (Å²) in [7, 11) is -0.966. The van der Waals surface area contributed by atoms with E-state index in [-0.39, 0.29) is 19.3 Å². The molecule has 2 aromatic carbocycles. The molecule has 0 N–H and O–H groups in total. The number of ether oxygens (including phenoxy) is 5. The van der Waals surface area contributed by atoms with Gasteiger partial charge in [-0.2, -0.15) is 0 Å². The van der Waals surface area contributed by atoms with Gasteiger partial charge in [-0.3, -0.25) is 0 Å². The lowest BCUT2D eigenvalue weighted by Crippen LogP contribution is -2.53. The second kappa shape index (κ2) is 17.4. The van der Waals surface area contributed by atoms with E-state index < -0.39 is 50.8 Å². The van der Waals surface area contributed by atoms with E-state index in [4.69, 9.17) is 28.1 Å². The van der Waals surface area contributed by atoms with Gasteiger partial charge in [-0.15, -0.1) is 0 Å². The molecule has 0 amide bonds. The molecule has 0 bridgehead atoms. The summed E-state index contributed by atoms with van der Waals surface area (Å²) in [5.41, 5.74) is 3.62. The summed E-state index contributed by atoms with van der Waals surface area (Å²) in [6.45, 7) is 18.9. The molecule has 2 aromatic rings. The highest BCUT2D eigenvalue weighted by atomic mass is 28.4. The summed E-state index contributed by atoms with van der Waals surface area (Å²) in [6.07, 6.45) is -2.10. The van der Waals surface area contributed by atoms with Gasteiger partial charge < -0.3 is 28.1 Å². The van der Waals surface area contributed by atoms with Crippen LogP contribution in [0.4, 0.5) is 0 Å². The van der Waals surface area contributed by atoms with Crippen LogP contribution in [0.2, 0.25) is 16.6 Å². The third kappa shape index (κ3) is 9.38. The van der Waals surface area contributed by atoms with Gasteiger partial charge in [-0.25, -0.2) is 9.59 Å². The number of benzene rings is 2. The predicted octanol–water partition coefficient (Wildman–Crippen LogP) is 7.90. The first kappa shape index (κ1) is 37.6. The van der Waals surface area contributed by atoms with E-state index in [1.165, 1.54) is 7.11 Å². The Hall–Kier alpha value is -2.82. The maximum Gasteiger partial charge on any atom is 0.338 e. The zero-order valence-electron chi connectivity index (χ0n) is 29.2. The van der Waals surface area contributed by atoms with Crippen molar-refractivity contribution in [2.45, 2.75) is 116 Å². The van der Waals surface area contributed by atoms with E-state index in [1.54, 1.807) is 0 Å². The fraction of sp³-hybridized carbons (Fsp3) is 0.568. The molecule has 0 fully saturated rings. The molecule has 3 rings (SSSR count). The molecule has 0 aliphatic carbocycles. The fourth-order valence-electron chi connectivity index (χ4n) is 6.70. The van der Waals surface area contributed by atoms with E-state index >= 15 is 0 Å². The van der Waals surface area contributed by atoms with Crippen molar-refractivity contribution in [3.05, 3.63) is 83.4 Å². The van der Waals surface area contributed by atoms with Gasteiger partial charge in [0, 0.05) is 0 Å². The van der Waals surface area contributed by atoms with Gasteiger partial charge in [0.25, 0.3) is 0 Å². The minimum atomic E-state index is -2.30. The Morgan fingerprint density at radius 3 is 1.83 bits per heavy atom. The number of carbonyl (C=O) groups is 2. The molecular weight excluding hydrogens is 600 g/mol. The van der Waals surface area contributed by atoms with Crippen molar-refractivity contribution < 1.29 is 37.7 Å². The normalized spacial score (nSPS) is 20.7. The van der Waals surface area contributed by atoms with Gasteiger partial charge in [-0.1, -0.05) is 102 Å². The Morgan fingerprint density at radius 2 is 1.33 bits per heavy atom. The van der Waals surface area contributed by atoms with E-state index in [0.29, 0.717) is 22.2 Å². The van der Waals surface area contributed by atoms with Crippen LogP contribution in [0.1, 0.15) is 85.6 Å². The molecule has 0 radical (unpaired) electrons. The summed E-state index contributed by atoms with van der Waals surface area (Å²) in [4.78, 5) is 26.3. The van der Waals surface area contributed by atoms with Gasteiger partial charge in [-0.05, 0) is 60.2 Å². The van der Waals surface area contributed by atoms with Gasteiger partial charge in [0.2, 0.25) is 0 Å². The molecule has 1 aliphatic rings. The maximum atomic E-state index is 13.2. The lowest BCUT2D eigenvalue weighted by molar-refractivity contribution is -0.187. The monoisotopic (exact) mass is 654 g/mol. The number of hydrogen-bond donors (Lipinski definition) is 0. The first-order valence-corrected chi connectivity index (χ1v) is 18.6. The Kier molecular flexibility index (Phi) is 14.2. The molecule has 1 aliphatic heterocycles. The lowest BCUT2D eigenvalue weighted by Gasteiger charge is -2.44. The van der Waals surface area contributed by atoms with Crippen LogP contribution < -0.4 is 0 Å². The quantitative estimate of drug-likeness (QED) is 0.103. The molecule has 0 spiro atoms. The van der Waals surface area contributed by atoms with Gasteiger partial charge in [0.15, 0.2) is 14.4 Å². The highest BCUT2D eigenvalue weighted by molar-refractivity contribution is 6.77. The lowest BCUT2D eigenvalue weighted by atomic mass is 9.97. The Morgan fingerprint density at radius 1 is 0.804 bits per heavy atom. The average molecular weight is 655 g/mol. The zero-order chi connectivity index (χ0) is 34.0. The first-order chi connectivity index (χ1) is 21.8. The molecule has 1 heterocycles. The van der Waals surface area contributed by atoms with Crippen LogP contribution in [0.5, 0.6) is 0 Å². The van der Waals surface area contributed by atoms with Crippen molar-refractivity contribution in [1.82, 2.24) is 0 Å². The third-order valence-electron chi connectivity index (χ3n) is 9.08. The topological polar surface area (TPSA) is 89.5 Å². The van der Waals surface area contributed by atoms with Crippen LogP contribution in [0.3, 0.4) is 0 Å².